The van der Waals surface area contributed by atoms with E-state index in [0.717, 1.165) is 16.5 Å². The molecular formula is C31H23BrO3. The topological polar surface area (TPSA) is 50.4 Å². The first-order valence-electron chi connectivity index (χ1n) is 11.8. The monoisotopic (exact) mass is 522 g/mol. The van der Waals surface area contributed by atoms with Crippen LogP contribution in [0.2, 0.25) is 0 Å². The van der Waals surface area contributed by atoms with Crippen LogP contribution < -0.4 is 5.63 Å². The normalized spacial score (nSPS) is 17.3. The van der Waals surface area contributed by atoms with Gasteiger partial charge in [0.25, 0.3) is 0 Å². The van der Waals surface area contributed by atoms with Crippen molar-refractivity contribution in [1.29, 1.82) is 0 Å². The van der Waals surface area contributed by atoms with Crippen LogP contribution in [0.3, 0.4) is 0 Å². The van der Waals surface area contributed by atoms with E-state index >= 15 is 0 Å². The Morgan fingerprint density at radius 3 is 2.23 bits per heavy atom. The van der Waals surface area contributed by atoms with E-state index in [4.69, 9.17) is 4.42 Å². The second kappa shape index (κ2) is 8.86. The Bertz CT molecular complexity index is 1580. The van der Waals surface area contributed by atoms with Gasteiger partial charge >= 0.3 is 5.63 Å². The predicted molar refractivity (Wildman–Crippen MR) is 143 cm³/mol. The number of para-hydroxylation sites is 1. The van der Waals surface area contributed by atoms with Crippen molar-refractivity contribution < 1.29 is 9.52 Å². The fourth-order valence-electron chi connectivity index (χ4n) is 5.41. The Morgan fingerprint density at radius 2 is 1.46 bits per heavy atom. The van der Waals surface area contributed by atoms with Gasteiger partial charge in [0.2, 0.25) is 0 Å². The van der Waals surface area contributed by atoms with Gasteiger partial charge < -0.3 is 9.52 Å². The SMILES string of the molecule is O=c1oc2ccccc2c(O)c1[C@H]1Cc2ccccc2C(c2ccc(-c3ccc(Br)cc3)cc2)C1. The van der Waals surface area contributed by atoms with Gasteiger partial charge in [-0.1, -0.05) is 88.7 Å². The quantitative estimate of drug-likeness (QED) is 0.246. The van der Waals surface area contributed by atoms with Gasteiger partial charge in [-0.2, -0.15) is 0 Å². The number of halogens is 1. The number of aromatic hydroxyl groups is 1. The van der Waals surface area contributed by atoms with Crippen LogP contribution in [0.15, 0.2) is 111 Å². The molecule has 5 aromatic rings. The van der Waals surface area contributed by atoms with Crippen LogP contribution in [0.5, 0.6) is 5.75 Å². The number of benzene rings is 4. The predicted octanol–water partition coefficient (Wildman–Crippen LogP) is 7.79. The first-order valence-corrected chi connectivity index (χ1v) is 12.6. The summed E-state index contributed by atoms with van der Waals surface area (Å²) in [4.78, 5) is 13.0. The smallest absolute Gasteiger partial charge is 0.343 e. The van der Waals surface area contributed by atoms with Gasteiger partial charge in [0.05, 0.1) is 10.9 Å². The van der Waals surface area contributed by atoms with Gasteiger partial charge in [0, 0.05) is 10.4 Å². The lowest BCUT2D eigenvalue weighted by atomic mass is 9.72. The third-order valence-electron chi connectivity index (χ3n) is 7.14. The number of hydrogen-bond acceptors (Lipinski definition) is 3. The fraction of sp³-hybridized carbons (Fsp3) is 0.129. The Labute approximate surface area is 211 Å². The lowest BCUT2D eigenvalue weighted by Gasteiger charge is -2.32. The molecule has 0 saturated heterocycles. The maximum Gasteiger partial charge on any atom is 0.343 e. The highest BCUT2D eigenvalue weighted by Crippen LogP contribution is 2.45. The zero-order chi connectivity index (χ0) is 23.9. The van der Waals surface area contributed by atoms with E-state index in [0.29, 0.717) is 23.0 Å². The third kappa shape index (κ3) is 3.98. The summed E-state index contributed by atoms with van der Waals surface area (Å²) < 4.78 is 6.67. The summed E-state index contributed by atoms with van der Waals surface area (Å²) >= 11 is 3.50. The first kappa shape index (κ1) is 21.9. The molecule has 2 atom stereocenters. The molecule has 172 valence electrons. The highest BCUT2D eigenvalue weighted by Gasteiger charge is 2.33. The molecule has 0 bridgehead atoms. The summed E-state index contributed by atoms with van der Waals surface area (Å²) in [6.07, 6.45) is 1.42. The molecule has 0 saturated carbocycles. The van der Waals surface area contributed by atoms with Crippen LogP contribution in [-0.2, 0) is 6.42 Å². The molecule has 1 heterocycles. The molecule has 1 N–H and O–H groups in total. The van der Waals surface area contributed by atoms with E-state index < -0.39 is 5.63 Å². The maximum absolute atomic E-state index is 13.0. The largest absolute Gasteiger partial charge is 0.507 e. The summed E-state index contributed by atoms with van der Waals surface area (Å²) in [7, 11) is 0. The molecule has 35 heavy (non-hydrogen) atoms. The third-order valence-corrected chi connectivity index (χ3v) is 7.66. The zero-order valence-corrected chi connectivity index (χ0v) is 20.5. The van der Waals surface area contributed by atoms with E-state index in [9.17, 15) is 9.90 Å². The van der Waals surface area contributed by atoms with Crippen molar-refractivity contribution in [2.24, 2.45) is 0 Å². The molecule has 1 aliphatic rings. The van der Waals surface area contributed by atoms with Crippen molar-refractivity contribution in [2.75, 3.05) is 0 Å². The van der Waals surface area contributed by atoms with E-state index in [2.05, 4.69) is 70.5 Å². The van der Waals surface area contributed by atoms with Crippen molar-refractivity contribution in [3.63, 3.8) is 0 Å². The molecule has 0 amide bonds. The minimum atomic E-state index is -0.449. The van der Waals surface area contributed by atoms with E-state index in [1.165, 1.54) is 22.3 Å². The Morgan fingerprint density at radius 1 is 0.800 bits per heavy atom. The lowest BCUT2D eigenvalue weighted by Crippen LogP contribution is -2.23. The summed E-state index contributed by atoms with van der Waals surface area (Å²) in [5.41, 5.74) is 6.37. The lowest BCUT2D eigenvalue weighted by molar-refractivity contribution is 0.429. The molecule has 0 radical (unpaired) electrons. The fourth-order valence-corrected chi connectivity index (χ4v) is 5.68. The summed E-state index contributed by atoms with van der Waals surface area (Å²) in [5.74, 6) is 0.0293. The van der Waals surface area contributed by atoms with Crippen LogP contribution in [0.4, 0.5) is 0 Å². The Kier molecular flexibility index (Phi) is 5.54. The van der Waals surface area contributed by atoms with E-state index in [-0.39, 0.29) is 17.6 Å². The molecule has 4 aromatic carbocycles. The van der Waals surface area contributed by atoms with Gasteiger partial charge in [-0.3, -0.25) is 0 Å². The first-order chi connectivity index (χ1) is 17.1. The van der Waals surface area contributed by atoms with Crippen LogP contribution in [-0.4, -0.2) is 5.11 Å². The molecule has 1 unspecified atom stereocenters. The molecule has 1 aliphatic carbocycles. The summed E-state index contributed by atoms with van der Waals surface area (Å²) in [5, 5.41) is 11.7. The Hall–Kier alpha value is -3.63. The minimum Gasteiger partial charge on any atom is -0.507 e. The van der Waals surface area contributed by atoms with Crippen LogP contribution in [0.1, 0.15) is 40.5 Å². The second-order valence-electron chi connectivity index (χ2n) is 9.17. The van der Waals surface area contributed by atoms with Crippen LogP contribution >= 0.6 is 15.9 Å². The molecule has 6 rings (SSSR count). The molecule has 0 fully saturated rings. The average molecular weight is 523 g/mol. The highest BCUT2D eigenvalue weighted by atomic mass is 79.9. The van der Waals surface area contributed by atoms with Crippen molar-refractivity contribution in [3.05, 3.63) is 134 Å². The molecule has 3 nitrogen and oxygen atoms in total. The highest BCUT2D eigenvalue weighted by molar-refractivity contribution is 9.10. The zero-order valence-electron chi connectivity index (χ0n) is 18.9. The number of fused-ring (bicyclic) bond motifs is 2. The number of hydrogen-bond donors (Lipinski definition) is 1. The van der Waals surface area contributed by atoms with Crippen molar-refractivity contribution in [2.45, 2.75) is 24.7 Å². The van der Waals surface area contributed by atoms with E-state index in [1.807, 2.05) is 24.3 Å². The minimum absolute atomic E-state index is 0.0468. The maximum atomic E-state index is 13.0. The van der Waals surface area contributed by atoms with Crippen molar-refractivity contribution >= 4 is 26.9 Å². The molecule has 0 spiro atoms. The van der Waals surface area contributed by atoms with Gasteiger partial charge in [0.15, 0.2) is 0 Å². The standard InChI is InChI=1S/C31H23BrO3/c32-24-15-13-20(14-16-24)19-9-11-21(12-10-19)27-18-23(17-22-5-1-2-6-25(22)27)29-30(33)26-7-3-4-8-28(26)35-31(29)34/h1-16,23,27,33H,17-18H2/t23-,27?/m0/s1. The van der Waals surface area contributed by atoms with Crippen molar-refractivity contribution in [1.82, 2.24) is 0 Å². The summed E-state index contributed by atoms with van der Waals surface area (Å²) in [6.45, 7) is 0. The number of rotatable bonds is 3. The molecular weight excluding hydrogens is 500 g/mol. The summed E-state index contributed by atoms with van der Waals surface area (Å²) in [6, 6.07) is 32.6. The van der Waals surface area contributed by atoms with Gasteiger partial charge in [-0.25, -0.2) is 4.79 Å². The van der Waals surface area contributed by atoms with Crippen LogP contribution in [0.25, 0.3) is 22.1 Å². The molecule has 0 aliphatic heterocycles. The Balaban J connectivity index is 1.41. The molecule has 1 aromatic heterocycles. The van der Waals surface area contributed by atoms with Gasteiger partial charge in [0.1, 0.15) is 11.3 Å². The second-order valence-corrected chi connectivity index (χ2v) is 10.1. The van der Waals surface area contributed by atoms with Crippen molar-refractivity contribution in [3.8, 4) is 16.9 Å². The average Bonchev–Trinajstić information content (AvgIpc) is 2.89. The van der Waals surface area contributed by atoms with Gasteiger partial charge in [-0.15, -0.1) is 0 Å². The van der Waals surface area contributed by atoms with Crippen LogP contribution in [0, 0.1) is 0 Å². The van der Waals surface area contributed by atoms with E-state index in [1.54, 1.807) is 18.2 Å². The molecule has 4 heteroatoms. The van der Waals surface area contributed by atoms with Gasteiger partial charge in [-0.05, 0) is 70.8 Å².